The normalized spacial score (nSPS) is 12.0. The van der Waals surface area contributed by atoms with E-state index in [4.69, 9.17) is 11.6 Å². The summed E-state index contributed by atoms with van der Waals surface area (Å²) in [5.41, 5.74) is 4.35. The third-order valence-electron chi connectivity index (χ3n) is 4.23. The van der Waals surface area contributed by atoms with Crippen LogP contribution in [0.2, 0.25) is 5.02 Å². The number of hydrogen-bond donors (Lipinski definition) is 0. The summed E-state index contributed by atoms with van der Waals surface area (Å²) in [6.45, 7) is 0. The molecule has 0 fully saturated rings. The standard InChI is InChI=1S/C21H16ClN3/c22-19-13-7-12-18(16-8-3-1-4-9-16)20(19)21(25-15-23-14-24-25)17-10-5-2-6-11-17/h1-15,21H. The zero-order valence-electron chi connectivity index (χ0n) is 13.5. The van der Waals surface area contributed by atoms with Crippen molar-refractivity contribution in [3.05, 3.63) is 108 Å². The van der Waals surface area contributed by atoms with Crippen LogP contribution < -0.4 is 0 Å². The van der Waals surface area contributed by atoms with Crippen LogP contribution in [0.5, 0.6) is 0 Å². The van der Waals surface area contributed by atoms with Gasteiger partial charge in [0.05, 0.1) is 0 Å². The molecule has 1 atom stereocenters. The van der Waals surface area contributed by atoms with Gasteiger partial charge in [-0.05, 0) is 22.8 Å². The molecule has 0 spiro atoms. The molecular weight excluding hydrogens is 330 g/mol. The van der Waals surface area contributed by atoms with E-state index >= 15 is 0 Å². The Kier molecular flexibility index (Phi) is 4.32. The number of nitrogens with zero attached hydrogens (tertiary/aromatic N) is 3. The Bertz CT molecular complexity index is 951. The Balaban J connectivity index is 1.97. The second-order valence-electron chi connectivity index (χ2n) is 5.76. The third-order valence-corrected chi connectivity index (χ3v) is 4.56. The molecular formula is C21H16ClN3. The van der Waals surface area contributed by atoms with E-state index in [1.807, 2.05) is 53.2 Å². The van der Waals surface area contributed by atoms with E-state index in [9.17, 15) is 0 Å². The summed E-state index contributed by atoms with van der Waals surface area (Å²) >= 11 is 6.68. The molecule has 0 aliphatic carbocycles. The molecule has 3 aromatic carbocycles. The first-order valence-electron chi connectivity index (χ1n) is 8.07. The monoisotopic (exact) mass is 345 g/mol. The van der Waals surface area contributed by atoms with Crippen LogP contribution in [0.3, 0.4) is 0 Å². The number of hydrogen-bond acceptors (Lipinski definition) is 2. The fraction of sp³-hybridized carbons (Fsp3) is 0.0476. The van der Waals surface area contributed by atoms with Crippen LogP contribution >= 0.6 is 11.6 Å². The highest BCUT2D eigenvalue weighted by Crippen LogP contribution is 2.38. The summed E-state index contributed by atoms with van der Waals surface area (Å²) in [6, 6.07) is 26.4. The van der Waals surface area contributed by atoms with Gasteiger partial charge < -0.3 is 0 Å². The first kappa shape index (κ1) is 15.6. The maximum Gasteiger partial charge on any atom is 0.137 e. The Morgan fingerprint density at radius 2 is 1.52 bits per heavy atom. The van der Waals surface area contributed by atoms with Gasteiger partial charge in [0.25, 0.3) is 0 Å². The van der Waals surface area contributed by atoms with Crippen LogP contribution in [0, 0.1) is 0 Å². The second-order valence-corrected chi connectivity index (χ2v) is 6.16. The van der Waals surface area contributed by atoms with Crippen molar-refractivity contribution >= 4 is 11.6 Å². The molecule has 25 heavy (non-hydrogen) atoms. The van der Waals surface area contributed by atoms with E-state index in [-0.39, 0.29) is 6.04 Å². The smallest absolute Gasteiger partial charge is 0.137 e. The highest BCUT2D eigenvalue weighted by Gasteiger charge is 2.23. The molecule has 4 heteroatoms. The first-order chi connectivity index (χ1) is 12.3. The quantitative estimate of drug-likeness (QED) is 0.506. The van der Waals surface area contributed by atoms with Crippen molar-refractivity contribution in [1.29, 1.82) is 0 Å². The molecule has 4 rings (SSSR count). The first-order valence-corrected chi connectivity index (χ1v) is 8.45. The number of benzene rings is 3. The molecule has 4 aromatic rings. The SMILES string of the molecule is Clc1cccc(-c2ccccc2)c1C(c1ccccc1)n1cncn1. The summed E-state index contributed by atoms with van der Waals surface area (Å²) in [6.07, 6.45) is 3.28. The van der Waals surface area contributed by atoms with E-state index in [2.05, 4.69) is 40.4 Å². The Hall–Kier alpha value is -2.91. The number of halogens is 1. The summed E-state index contributed by atoms with van der Waals surface area (Å²) in [5.74, 6) is 0. The van der Waals surface area contributed by atoms with E-state index in [0.29, 0.717) is 5.02 Å². The third kappa shape index (κ3) is 3.06. The maximum atomic E-state index is 6.68. The molecule has 0 radical (unpaired) electrons. The number of aromatic nitrogens is 3. The Labute approximate surface area is 151 Å². The van der Waals surface area contributed by atoms with Crippen LogP contribution in [-0.4, -0.2) is 14.8 Å². The fourth-order valence-corrected chi connectivity index (χ4v) is 3.40. The topological polar surface area (TPSA) is 30.7 Å². The molecule has 0 bridgehead atoms. The summed E-state index contributed by atoms with van der Waals surface area (Å²) in [5, 5.41) is 5.11. The van der Waals surface area contributed by atoms with E-state index in [1.165, 1.54) is 0 Å². The van der Waals surface area contributed by atoms with Gasteiger partial charge in [-0.3, -0.25) is 0 Å². The van der Waals surface area contributed by atoms with Crippen molar-refractivity contribution in [2.45, 2.75) is 6.04 Å². The van der Waals surface area contributed by atoms with Crippen molar-refractivity contribution in [1.82, 2.24) is 14.8 Å². The zero-order chi connectivity index (χ0) is 17.1. The molecule has 0 saturated heterocycles. The summed E-state index contributed by atoms with van der Waals surface area (Å²) in [4.78, 5) is 4.13. The lowest BCUT2D eigenvalue weighted by atomic mass is 9.91. The lowest BCUT2D eigenvalue weighted by Crippen LogP contribution is -2.14. The minimum Gasteiger partial charge on any atom is -0.241 e. The maximum absolute atomic E-state index is 6.68. The zero-order valence-corrected chi connectivity index (χ0v) is 14.2. The van der Waals surface area contributed by atoms with Crippen molar-refractivity contribution in [2.75, 3.05) is 0 Å². The molecule has 1 unspecified atom stereocenters. The minimum atomic E-state index is -0.146. The molecule has 122 valence electrons. The average Bonchev–Trinajstić information content (AvgIpc) is 3.19. The van der Waals surface area contributed by atoms with Gasteiger partial charge in [-0.1, -0.05) is 84.4 Å². The Morgan fingerprint density at radius 3 is 2.20 bits per heavy atom. The Morgan fingerprint density at radius 1 is 0.800 bits per heavy atom. The fourth-order valence-electron chi connectivity index (χ4n) is 3.12. The van der Waals surface area contributed by atoms with Gasteiger partial charge in [0, 0.05) is 10.6 Å². The summed E-state index contributed by atoms with van der Waals surface area (Å²) in [7, 11) is 0. The van der Waals surface area contributed by atoms with Crippen molar-refractivity contribution < 1.29 is 0 Å². The molecule has 1 aromatic heterocycles. The minimum absolute atomic E-state index is 0.146. The van der Waals surface area contributed by atoms with Gasteiger partial charge in [0.15, 0.2) is 0 Å². The van der Waals surface area contributed by atoms with E-state index in [1.54, 1.807) is 12.7 Å². The molecule has 1 heterocycles. The van der Waals surface area contributed by atoms with Crippen molar-refractivity contribution in [2.24, 2.45) is 0 Å². The molecule has 0 aliphatic rings. The lowest BCUT2D eigenvalue weighted by molar-refractivity contribution is 0.595. The van der Waals surface area contributed by atoms with Crippen LogP contribution in [0.25, 0.3) is 11.1 Å². The van der Waals surface area contributed by atoms with Gasteiger partial charge >= 0.3 is 0 Å². The highest BCUT2D eigenvalue weighted by molar-refractivity contribution is 6.31. The van der Waals surface area contributed by atoms with E-state index < -0.39 is 0 Å². The van der Waals surface area contributed by atoms with Crippen LogP contribution in [0.4, 0.5) is 0 Å². The summed E-state index contributed by atoms with van der Waals surface area (Å²) < 4.78 is 1.85. The van der Waals surface area contributed by atoms with E-state index in [0.717, 1.165) is 22.3 Å². The average molecular weight is 346 g/mol. The van der Waals surface area contributed by atoms with Crippen molar-refractivity contribution in [3.63, 3.8) is 0 Å². The molecule has 0 saturated carbocycles. The van der Waals surface area contributed by atoms with Crippen LogP contribution in [0.15, 0.2) is 91.5 Å². The second kappa shape index (κ2) is 6.91. The molecule has 3 nitrogen and oxygen atoms in total. The largest absolute Gasteiger partial charge is 0.241 e. The molecule has 0 amide bonds. The van der Waals surface area contributed by atoms with Gasteiger partial charge in [-0.2, -0.15) is 5.10 Å². The van der Waals surface area contributed by atoms with Gasteiger partial charge in [0.1, 0.15) is 18.7 Å². The van der Waals surface area contributed by atoms with Gasteiger partial charge in [-0.25, -0.2) is 9.67 Å². The molecule has 0 N–H and O–H groups in total. The lowest BCUT2D eigenvalue weighted by Gasteiger charge is -2.22. The predicted molar refractivity (Wildman–Crippen MR) is 101 cm³/mol. The van der Waals surface area contributed by atoms with Gasteiger partial charge in [0.2, 0.25) is 0 Å². The highest BCUT2D eigenvalue weighted by atomic mass is 35.5. The predicted octanol–water partition coefficient (Wildman–Crippen LogP) is 5.24. The number of rotatable bonds is 4. The van der Waals surface area contributed by atoms with Crippen LogP contribution in [0.1, 0.15) is 17.2 Å². The van der Waals surface area contributed by atoms with Gasteiger partial charge in [-0.15, -0.1) is 0 Å². The van der Waals surface area contributed by atoms with Crippen LogP contribution in [-0.2, 0) is 0 Å². The van der Waals surface area contributed by atoms with Crippen molar-refractivity contribution in [3.8, 4) is 11.1 Å². The molecule has 0 aliphatic heterocycles.